The Morgan fingerprint density at radius 2 is 1.92 bits per heavy atom. The Balaban J connectivity index is 1.77. The zero-order valence-electron chi connectivity index (χ0n) is 21.5. The predicted octanol–water partition coefficient (Wildman–Crippen LogP) is 0.171. The normalized spacial score (nSPS) is 26.4. The maximum Gasteiger partial charge on any atom is 0.255 e. The monoisotopic (exact) mass is 546 g/mol. The van der Waals surface area contributed by atoms with Crippen LogP contribution >= 0.6 is 0 Å². The number of aromatic hydroxyl groups is 1. The lowest BCUT2D eigenvalue weighted by molar-refractivity contribution is -0.149. The quantitative estimate of drug-likeness (QED) is 0.182. The topological polar surface area (TPSA) is 217 Å². The number of Topliss-reactive ketones (excluding diaryl/α,β-unsaturated/α-hetero) is 2. The summed E-state index contributed by atoms with van der Waals surface area (Å²) in [5.74, 6) is -10.3. The fraction of sp³-hybridized carbons (Fsp3) is 0.462. The standard InChI is InChI=1S/C26H31FN4O8/c1-3-4-5-31(2)9-15(32)30-14-8-13(27)11-6-10-7-12-19(28)22(35)18(25(29)38)24(37)26(12,39)23(36)16(10)21(34)17(11)20(14)33/h8,10,12,19,33-34,37,39H,3-7,9,28H2,1-2H3,(H2,29,38)(H,30,32)/t10-,12-,19-,26-/m0/s1. The molecule has 0 bridgehead atoms. The number of hydrogen-bond acceptors (Lipinski definition) is 10. The molecule has 0 aliphatic heterocycles. The van der Waals surface area contributed by atoms with Crippen LogP contribution in [0, 0.1) is 17.7 Å². The van der Waals surface area contributed by atoms with Crippen molar-refractivity contribution in [2.24, 2.45) is 23.3 Å². The molecule has 13 heteroatoms. The van der Waals surface area contributed by atoms with Gasteiger partial charge in [-0.15, -0.1) is 0 Å². The van der Waals surface area contributed by atoms with Crippen molar-refractivity contribution in [1.29, 1.82) is 0 Å². The van der Waals surface area contributed by atoms with Crippen molar-refractivity contribution in [3.8, 4) is 5.75 Å². The third kappa shape index (κ3) is 4.36. The number of carbonyl (C=O) groups excluding carboxylic acids is 4. The van der Waals surface area contributed by atoms with Crippen LogP contribution < -0.4 is 16.8 Å². The number of carbonyl (C=O) groups is 4. The molecule has 0 heterocycles. The van der Waals surface area contributed by atoms with E-state index in [1.165, 1.54) is 0 Å². The third-order valence-electron chi connectivity index (χ3n) is 7.78. The second-order valence-corrected chi connectivity index (χ2v) is 10.3. The number of rotatable bonds is 7. The van der Waals surface area contributed by atoms with E-state index in [0.717, 1.165) is 18.9 Å². The average Bonchev–Trinajstić information content (AvgIpc) is 2.86. The van der Waals surface area contributed by atoms with Gasteiger partial charge in [0.25, 0.3) is 5.91 Å². The molecular weight excluding hydrogens is 515 g/mol. The fourth-order valence-electron chi connectivity index (χ4n) is 5.78. The van der Waals surface area contributed by atoms with Crippen molar-refractivity contribution < 1.29 is 44.0 Å². The van der Waals surface area contributed by atoms with E-state index in [9.17, 15) is 39.6 Å². The van der Waals surface area contributed by atoms with E-state index in [2.05, 4.69) is 5.32 Å². The molecule has 0 radical (unpaired) electrons. The Labute approximate surface area is 222 Å². The van der Waals surface area contributed by atoms with Gasteiger partial charge in [0.15, 0.2) is 17.1 Å². The molecule has 9 N–H and O–H groups in total. The Kier molecular flexibility index (Phi) is 7.27. The molecule has 3 aliphatic carbocycles. The fourth-order valence-corrected chi connectivity index (χ4v) is 5.78. The number of aliphatic hydroxyl groups is 3. The molecule has 3 aliphatic rings. The number of phenolic OH excluding ortho intramolecular Hbond substituents is 1. The molecular formula is C26H31FN4O8. The smallest absolute Gasteiger partial charge is 0.255 e. The SMILES string of the molecule is CCCCN(C)CC(=O)Nc1cc(F)c2c(c1O)C(O)=C1C(=O)[C@]3(O)C(O)=C(C(N)=O)C(=O)[C@@H](N)[C@@H]3C[C@@H]1C2. The van der Waals surface area contributed by atoms with E-state index in [4.69, 9.17) is 11.5 Å². The molecule has 1 saturated carbocycles. The van der Waals surface area contributed by atoms with Crippen LogP contribution in [-0.2, 0) is 25.6 Å². The second kappa shape index (κ2) is 10.1. The van der Waals surface area contributed by atoms with Crippen LogP contribution in [0.3, 0.4) is 0 Å². The average molecular weight is 547 g/mol. The maximum atomic E-state index is 15.3. The van der Waals surface area contributed by atoms with Gasteiger partial charge >= 0.3 is 0 Å². The number of anilines is 1. The van der Waals surface area contributed by atoms with Crippen LogP contribution in [0.5, 0.6) is 5.75 Å². The summed E-state index contributed by atoms with van der Waals surface area (Å²) in [5, 5.41) is 46.5. The first-order valence-electron chi connectivity index (χ1n) is 12.5. The van der Waals surface area contributed by atoms with Crippen molar-refractivity contribution in [3.05, 3.63) is 39.9 Å². The minimum Gasteiger partial charge on any atom is -0.508 e. The first-order valence-corrected chi connectivity index (χ1v) is 12.5. The molecule has 4 rings (SSSR count). The summed E-state index contributed by atoms with van der Waals surface area (Å²) in [6.07, 6.45) is 1.31. The Morgan fingerprint density at radius 3 is 2.54 bits per heavy atom. The van der Waals surface area contributed by atoms with Gasteiger partial charge in [-0.25, -0.2) is 4.39 Å². The van der Waals surface area contributed by atoms with Gasteiger partial charge in [-0.05, 0) is 38.8 Å². The first kappa shape index (κ1) is 28.2. The molecule has 1 fully saturated rings. The van der Waals surface area contributed by atoms with E-state index in [0.29, 0.717) is 6.54 Å². The first-order chi connectivity index (χ1) is 18.2. The summed E-state index contributed by atoms with van der Waals surface area (Å²) >= 11 is 0. The van der Waals surface area contributed by atoms with Gasteiger partial charge in [-0.3, -0.25) is 24.1 Å². The number of hydrogen-bond donors (Lipinski definition) is 7. The molecule has 1 aromatic rings. The molecule has 0 saturated heterocycles. The highest BCUT2D eigenvalue weighted by Gasteiger charge is 2.63. The molecule has 0 unspecified atom stereocenters. The highest BCUT2D eigenvalue weighted by atomic mass is 19.1. The predicted molar refractivity (Wildman–Crippen MR) is 136 cm³/mol. The van der Waals surface area contributed by atoms with Crippen LogP contribution in [0.1, 0.15) is 37.3 Å². The van der Waals surface area contributed by atoms with E-state index >= 15 is 4.39 Å². The summed E-state index contributed by atoms with van der Waals surface area (Å²) in [7, 11) is 1.73. The minimum atomic E-state index is -2.86. The number of likely N-dealkylation sites (N-methyl/N-ethyl adjacent to an activating group) is 1. The van der Waals surface area contributed by atoms with Crippen molar-refractivity contribution in [2.75, 3.05) is 25.5 Å². The summed E-state index contributed by atoms with van der Waals surface area (Å²) in [6, 6.07) is -0.685. The van der Waals surface area contributed by atoms with E-state index in [1.807, 2.05) is 6.92 Å². The van der Waals surface area contributed by atoms with Gasteiger partial charge in [0.05, 0.1) is 23.8 Å². The van der Waals surface area contributed by atoms with Crippen molar-refractivity contribution >= 4 is 34.8 Å². The lowest BCUT2D eigenvalue weighted by atomic mass is 9.58. The lowest BCUT2D eigenvalue weighted by Crippen LogP contribution is -2.65. The molecule has 1 aromatic carbocycles. The number of nitrogens with one attached hydrogen (secondary N) is 1. The number of nitrogens with two attached hydrogens (primary N) is 2. The van der Waals surface area contributed by atoms with Crippen molar-refractivity contribution in [3.63, 3.8) is 0 Å². The minimum absolute atomic E-state index is 0.0486. The molecule has 210 valence electrons. The third-order valence-corrected chi connectivity index (χ3v) is 7.78. The van der Waals surface area contributed by atoms with Crippen molar-refractivity contribution in [2.45, 2.75) is 44.2 Å². The molecule has 0 spiro atoms. The number of nitrogens with zero attached hydrogens (tertiary/aromatic N) is 1. The zero-order chi connectivity index (χ0) is 29.0. The Hall–Kier alpha value is -3.81. The highest BCUT2D eigenvalue weighted by Crippen LogP contribution is 2.52. The van der Waals surface area contributed by atoms with Gasteiger partial charge in [0.2, 0.25) is 11.7 Å². The molecule has 12 nitrogen and oxygen atoms in total. The second-order valence-electron chi connectivity index (χ2n) is 10.3. The molecule has 4 atom stereocenters. The Bertz CT molecular complexity index is 1360. The number of unbranched alkanes of at least 4 members (excludes halogenated alkanes) is 1. The molecule has 0 aromatic heterocycles. The maximum absolute atomic E-state index is 15.3. The van der Waals surface area contributed by atoms with Crippen LogP contribution in [0.25, 0.3) is 5.76 Å². The van der Waals surface area contributed by atoms with Crippen LogP contribution in [-0.4, -0.2) is 80.5 Å². The van der Waals surface area contributed by atoms with E-state index < -0.39 is 86.7 Å². The highest BCUT2D eigenvalue weighted by molar-refractivity contribution is 6.24. The number of amides is 2. The summed E-state index contributed by atoms with van der Waals surface area (Å²) in [5.41, 5.74) is 5.85. The number of aliphatic hydroxyl groups excluding tert-OH is 2. The zero-order valence-corrected chi connectivity index (χ0v) is 21.5. The van der Waals surface area contributed by atoms with Crippen LogP contribution in [0.15, 0.2) is 23.0 Å². The van der Waals surface area contributed by atoms with Crippen LogP contribution in [0.4, 0.5) is 10.1 Å². The van der Waals surface area contributed by atoms with Crippen LogP contribution in [0.2, 0.25) is 0 Å². The molecule has 39 heavy (non-hydrogen) atoms. The van der Waals surface area contributed by atoms with E-state index in [-0.39, 0.29) is 30.6 Å². The summed E-state index contributed by atoms with van der Waals surface area (Å²) in [6.45, 7) is 2.59. The van der Waals surface area contributed by atoms with Gasteiger partial charge in [0, 0.05) is 23.1 Å². The number of ketones is 2. The van der Waals surface area contributed by atoms with Crippen molar-refractivity contribution in [1.82, 2.24) is 4.90 Å². The number of primary amides is 1. The van der Waals surface area contributed by atoms with E-state index in [1.54, 1.807) is 11.9 Å². The van der Waals surface area contributed by atoms with Gasteiger partial charge in [-0.2, -0.15) is 0 Å². The summed E-state index contributed by atoms with van der Waals surface area (Å²) in [4.78, 5) is 52.2. The lowest BCUT2D eigenvalue weighted by Gasteiger charge is -2.48. The number of halogens is 1. The number of fused-ring (bicyclic) bond motifs is 3. The summed E-state index contributed by atoms with van der Waals surface area (Å²) < 4.78 is 15.3. The number of benzene rings is 1. The molecule has 2 amide bonds. The van der Waals surface area contributed by atoms with Gasteiger partial charge in [-0.1, -0.05) is 13.3 Å². The Morgan fingerprint density at radius 1 is 1.26 bits per heavy atom. The van der Waals surface area contributed by atoms with Gasteiger partial charge < -0.3 is 37.2 Å². The largest absolute Gasteiger partial charge is 0.508 e. The number of phenols is 1. The van der Waals surface area contributed by atoms with Gasteiger partial charge in [0.1, 0.15) is 22.9 Å².